The summed E-state index contributed by atoms with van der Waals surface area (Å²) in [6.07, 6.45) is 3.21. The lowest BCUT2D eigenvalue weighted by Gasteiger charge is -2.29. The van der Waals surface area contributed by atoms with Crippen molar-refractivity contribution in [3.63, 3.8) is 0 Å². The molecule has 100 valence electrons. The lowest BCUT2D eigenvalue weighted by molar-refractivity contribution is 0.217. The highest BCUT2D eigenvalue weighted by Gasteiger charge is 2.29. The number of rotatable bonds is 0. The Morgan fingerprint density at radius 2 is 2.11 bits per heavy atom. The molecule has 19 heavy (non-hydrogen) atoms. The molecule has 2 nitrogen and oxygen atoms in total. The zero-order chi connectivity index (χ0) is 13.0. The van der Waals surface area contributed by atoms with Crippen LogP contribution in [0.2, 0.25) is 0 Å². The quantitative estimate of drug-likeness (QED) is 0.772. The first-order chi connectivity index (χ1) is 9.22. The van der Waals surface area contributed by atoms with Crippen LogP contribution in [0, 0.1) is 11.6 Å². The minimum absolute atomic E-state index is 0.445. The number of aromatic nitrogens is 1. The molecule has 1 aromatic heterocycles. The van der Waals surface area contributed by atoms with Gasteiger partial charge in [-0.05, 0) is 37.4 Å². The van der Waals surface area contributed by atoms with Crippen molar-refractivity contribution in [3.05, 3.63) is 35.0 Å². The highest BCUT2D eigenvalue weighted by Crippen LogP contribution is 2.36. The van der Waals surface area contributed by atoms with Gasteiger partial charge in [-0.15, -0.1) is 0 Å². The van der Waals surface area contributed by atoms with E-state index in [-0.39, 0.29) is 0 Å². The molecule has 2 aliphatic rings. The van der Waals surface area contributed by atoms with Crippen molar-refractivity contribution in [2.45, 2.75) is 25.2 Å². The third kappa shape index (κ3) is 1.70. The zero-order valence-electron chi connectivity index (χ0n) is 10.7. The van der Waals surface area contributed by atoms with Gasteiger partial charge in [0.15, 0.2) is 0 Å². The molecule has 0 spiro atoms. The van der Waals surface area contributed by atoms with Crippen LogP contribution >= 0.6 is 0 Å². The Morgan fingerprint density at radius 3 is 3.00 bits per heavy atom. The van der Waals surface area contributed by atoms with E-state index in [9.17, 15) is 8.78 Å². The van der Waals surface area contributed by atoms with E-state index in [1.165, 1.54) is 12.5 Å². The van der Waals surface area contributed by atoms with E-state index < -0.39 is 11.6 Å². The number of fused-ring (bicyclic) bond motifs is 6. The van der Waals surface area contributed by atoms with Crippen LogP contribution in [0.5, 0.6) is 0 Å². The van der Waals surface area contributed by atoms with Crippen LogP contribution < -0.4 is 0 Å². The van der Waals surface area contributed by atoms with Crippen LogP contribution in [0.3, 0.4) is 0 Å². The predicted molar refractivity (Wildman–Crippen MR) is 70.3 cm³/mol. The van der Waals surface area contributed by atoms with Gasteiger partial charge in [-0.3, -0.25) is 0 Å². The van der Waals surface area contributed by atoms with Crippen LogP contribution in [0.25, 0.3) is 10.9 Å². The molecule has 0 amide bonds. The Kier molecular flexibility index (Phi) is 2.42. The van der Waals surface area contributed by atoms with Gasteiger partial charge in [0.1, 0.15) is 11.6 Å². The van der Waals surface area contributed by atoms with Gasteiger partial charge in [-0.2, -0.15) is 0 Å². The average molecular weight is 262 g/mol. The van der Waals surface area contributed by atoms with E-state index in [1.54, 1.807) is 0 Å². The van der Waals surface area contributed by atoms with Crippen molar-refractivity contribution < 1.29 is 8.78 Å². The van der Waals surface area contributed by atoms with E-state index in [2.05, 4.69) is 9.88 Å². The van der Waals surface area contributed by atoms with Gasteiger partial charge in [0.2, 0.25) is 0 Å². The number of piperidine rings is 1. The van der Waals surface area contributed by atoms with Gasteiger partial charge in [0.05, 0.1) is 5.52 Å². The van der Waals surface area contributed by atoms with Crippen molar-refractivity contribution in [3.8, 4) is 0 Å². The summed E-state index contributed by atoms with van der Waals surface area (Å²) in [6.45, 7) is 3.19. The Balaban J connectivity index is 1.95. The Hall–Kier alpha value is -1.42. The topological polar surface area (TPSA) is 19.0 Å². The van der Waals surface area contributed by atoms with Gasteiger partial charge < -0.3 is 9.88 Å². The number of H-pyrrole nitrogens is 1. The molecular formula is C15H16F2N2. The van der Waals surface area contributed by atoms with Gasteiger partial charge in [-0.1, -0.05) is 0 Å². The molecule has 1 fully saturated rings. The first-order valence-electron chi connectivity index (χ1n) is 6.94. The van der Waals surface area contributed by atoms with E-state index >= 15 is 0 Å². The fraction of sp³-hybridized carbons (Fsp3) is 0.467. The molecule has 1 saturated heterocycles. The largest absolute Gasteiger partial charge is 0.355 e. The number of halogens is 2. The number of hydrogen-bond donors (Lipinski definition) is 1. The molecule has 2 unspecified atom stereocenters. The van der Waals surface area contributed by atoms with Crippen molar-refractivity contribution in [2.75, 3.05) is 19.6 Å². The summed E-state index contributed by atoms with van der Waals surface area (Å²) in [7, 11) is 0. The van der Waals surface area contributed by atoms with Crippen molar-refractivity contribution in [1.82, 2.24) is 9.88 Å². The lowest BCUT2D eigenvalue weighted by atomic mass is 9.93. The standard InChI is InChI=1S/C15H16F2N2/c16-10-6-12-11-3-5-19-4-1-2-9(8-19)14(11)18-15(12)13(17)7-10/h6-7,9,18H,1-5,8H2. The molecule has 0 saturated carbocycles. The molecule has 2 atom stereocenters. The maximum Gasteiger partial charge on any atom is 0.150 e. The van der Waals surface area contributed by atoms with E-state index in [0.717, 1.165) is 55.2 Å². The summed E-state index contributed by atoms with van der Waals surface area (Å²) in [5.74, 6) is -0.517. The molecule has 2 aromatic rings. The fourth-order valence-corrected chi connectivity index (χ4v) is 3.68. The lowest BCUT2D eigenvalue weighted by Crippen LogP contribution is -2.33. The first kappa shape index (κ1) is 11.4. The number of nitrogens with zero attached hydrogens (tertiary/aromatic N) is 1. The minimum Gasteiger partial charge on any atom is -0.355 e. The zero-order valence-corrected chi connectivity index (χ0v) is 10.7. The third-order valence-corrected chi connectivity index (χ3v) is 4.56. The smallest absolute Gasteiger partial charge is 0.150 e. The normalized spacial score (nSPS) is 26.2. The van der Waals surface area contributed by atoms with Gasteiger partial charge in [-0.25, -0.2) is 8.78 Å². The molecule has 1 N–H and O–H groups in total. The second kappa shape index (κ2) is 4.04. The Bertz CT molecular complexity index is 647. The van der Waals surface area contributed by atoms with Crippen molar-refractivity contribution >= 4 is 10.9 Å². The number of benzene rings is 1. The maximum absolute atomic E-state index is 13.9. The maximum atomic E-state index is 13.9. The van der Waals surface area contributed by atoms with E-state index in [0.29, 0.717) is 11.4 Å². The van der Waals surface area contributed by atoms with Crippen molar-refractivity contribution in [2.24, 2.45) is 0 Å². The minimum atomic E-state index is -0.487. The summed E-state index contributed by atoms with van der Waals surface area (Å²) in [6, 6.07) is 2.43. The van der Waals surface area contributed by atoms with E-state index in [4.69, 9.17) is 0 Å². The predicted octanol–water partition coefficient (Wildman–Crippen LogP) is 3.18. The second-order valence-electron chi connectivity index (χ2n) is 5.72. The van der Waals surface area contributed by atoms with Crippen molar-refractivity contribution in [1.29, 1.82) is 0 Å². The van der Waals surface area contributed by atoms with E-state index in [1.807, 2.05) is 0 Å². The molecule has 3 heterocycles. The summed E-state index contributed by atoms with van der Waals surface area (Å²) >= 11 is 0. The molecule has 4 heteroatoms. The molecule has 0 aliphatic carbocycles. The molecular weight excluding hydrogens is 246 g/mol. The average Bonchev–Trinajstić information content (AvgIpc) is 2.70. The molecule has 1 aromatic carbocycles. The van der Waals surface area contributed by atoms with Crippen LogP contribution in [0.1, 0.15) is 30.0 Å². The molecule has 4 rings (SSSR count). The second-order valence-corrected chi connectivity index (χ2v) is 5.72. The molecule has 2 aliphatic heterocycles. The number of hydrogen-bond acceptors (Lipinski definition) is 1. The Morgan fingerprint density at radius 1 is 1.21 bits per heavy atom. The summed E-state index contributed by atoms with van der Waals surface area (Å²) < 4.78 is 27.3. The van der Waals surface area contributed by atoms with Gasteiger partial charge in [0.25, 0.3) is 0 Å². The summed E-state index contributed by atoms with van der Waals surface area (Å²) in [4.78, 5) is 5.70. The van der Waals surface area contributed by atoms with Crippen LogP contribution in [0.15, 0.2) is 12.1 Å². The highest BCUT2D eigenvalue weighted by molar-refractivity contribution is 5.85. The molecule has 2 bridgehead atoms. The molecule has 0 radical (unpaired) electrons. The summed E-state index contributed by atoms with van der Waals surface area (Å²) in [5, 5.41) is 0.737. The summed E-state index contributed by atoms with van der Waals surface area (Å²) in [5.41, 5.74) is 2.75. The Labute approximate surface area is 110 Å². The van der Waals surface area contributed by atoms with Gasteiger partial charge in [0, 0.05) is 36.2 Å². The van der Waals surface area contributed by atoms with Crippen LogP contribution in [0.4, 0.5) is 8.78 Å². The van der Waals surface area contributed by atoms with Crippen LogP contribution in [-0.4, -0.2) is 29.5 Å². The highest BCUT2D eigenvalue weighted by atomic mass is 19.1. The number of aromatic amines is 1. The number of nitrogens with one attached hydrogen (secondary N) is 1. The fourth-order valence-electron chi connectivity index (χ4n) is 3.68. The first-order valence-corrected chi connectivity index (χ1v) is 6.94. The SMILES string of the molecule is Fc1cc(F)c2[nH]c3c(c2c1)CCN1CCCC3C1. The van der Waals surface area contributed by atoms with Gasteiger partial charge >= 0.3 is 0 Å². The van der Waals surface area contributed by atoms with Crippen LogP contribution in [-0.2, 0) is 6.42 Å². The monoisotopic (exact) mass is 262 g/mol. The third-order valence-electron chi connectivity index (χ3n) is 4.56.